The first-order valence-corrected chi connectivity index (χ1v) is 7.58. The van der Waals surface area contributed by atoms with Crippen LogP contribution in [0.3, 0.4) is 0 Å². The molecule has 1 aromatic heterocycles. The highest BCUT2D eigenvalue weighted by molar-refractivity contribution is 9.09. The maximum atomic E-state index is 4.37. The van der Waals surface area contributed by atoms with Crippen LogP contribution in [0.25, 0.3) is 0 Å². The van der Waals surface area contributed by atoms with Crippen molar-refractivity contribution in [3.05, 3.63) is 16.6 Å². The second kappa shape index (κ2) is 5.97. The molecule has 0 bridgehead atoms. The molecule has 1 aliphatic rings. The number of halogens is 1. The van der Waals surface area contributed by atoms with Crippen molar-refractivity contribution < 1.29 is 0 Å². The summed E-state index contributed by atoms with van der Waals surface area (Å²) in [5.74, 6) is 0. The third kappa shape index (κ3) is 3.26. The number of hydrogen-bond acceptors (Lipinski definition) is 3. The van der Waals surface area contributed by atoms with Gasteiger partial charge in [0.25, 0.3) is 0 Å². The molecule has 4 heteroatoms. The molecular weight excluding hydrogens is 272 g/mol. The zero-order valence-corrected chi connectivity index (χ0v) is 11.3. The van der Waals surface area contributed by atoms with Gasteiger partial charge < -0.3 is 0 Å². The molecule has 1 fully saturated rings. The molecule has 2 rings (SSSR count). The quantitative estimate of drug-likeness (QED) is 0.794. The van der Waals surface area contributed by atoms with Crippen molar-refractivity contribution in [1.29, 1.82) is 0 Å². The Hall–Kier alpha value is 0.0700. The summed E-state index contributed by atoms with van der Waals surface area (Å²) in [6.07, 6.45) is 7.34. The molecule has 1 aromatic rings. The van der Waals surface area contributed by atoms with Crippen molar-refractivity contribution >= 4 is 27.3 Å². The number of alkyl halides is 1. The van der Waals surface area contributed by atoms with Crippen LogP contribution in [0.15, 0.2) is 11.6 Å². The summed E-state index contributed by atoms with van der Waals surface area (Å²) in [7, 11) is 0. The Bertz CT molecular complexity index is 276. The van der Waals surface area contributed by atoms with E-state index < -0.39 is 0 Å². The first kappa shape index (κ1) is 11.6. The van der Waals surface area contributed by atoms with E-state index in [0.29, 0.717) is 6.04 Å². The van der Waals surface area contributed by atoms with Gasteiger partial charge in [-0.3, -0.25) is 4.90 Å². The topological polar surface area (TPSA) is 16.1 Å². The van der Waals surface area contributed by atoms with Crippen molar-refractivity contribution in [2.75, 3.05) is 11.9 Å². The smallest absolute Gasteiger partial charge is 0.107 e. The van der Waals surface area contributed by atoms with Crippen LogP contribution in [0.4, 0.5) is 0 Å². The number of nitrogens with zero attached hydrogens (tertiary/aromatic N) is 2. The van der Waals surface area contributed by atoms with E-state index in [0.717, 1.165) is 11.9 Å². The highest BCUT2D eigenvalue weighted by Gasteiger charge is 2.20. The minimum absolute atomic E-state index is 0.705. The summed E-state index contributed by atoms with van der Waals surface area (Å²) < 4.78 is 0. The van der Waals surface area contributed by atoms with E-state index in [-0.39, 0.29) is 0 Å². The Balaban J connectivity index is 1.97. The Morgan fingerprint density at radius 2 is 2.40 bits per heavy atom. The summed E-state index contributed by atoms with van der Waals surface area (Å²) in [6, 6.07) is 0.705. The van der Waals surface area contributed by atoms with Gasteiger partial charge in [-0.2, -0.15) is 0 Å². The van der Waals surface area contributed by atoms with Gasteiger partial charge in [-0.25, -0.2) is 4.98 Å². The van der Waals surface area contributed by atoms with Crippen LogP contribution in [0.1, 0.15) is 30.7 Å². The minimum atomic E-state index is 0.705. The maximum absolute atomic E-state index is 4.37. The molecule has 0 saturated carbocycles. The lowest BCUT2D eigenvalue weighted by molar-refractivity contribution is 0.209. The van der Waals surface area contributed by atoms with Crippen molar-refractivity contribution in [2.24, 2.45) is 0 Å². The average Bonchev–Trinajstić information content (AvgIpc) is 2.64. The van der Waals surface area contributed by atoms with Crippen LogP contribution >= 0.6 is 27.3 Å². The lowest BCUT2D eigenvalue weighted by atomic mass is 10.1. The number of aromatic nitrogens is 1. The molecule has 1 saturated heterocycles. The predicted octanol–water partition coefficient (Wildman–Crippen LogP) is 3.28. The molecule has 0 N–H and O–H groups in total. The van der Waals surface area contributed by atoms with Gasteiger partial charge in [0.15, 0.2) is 0 Å². The minimum Gasteiger partial charge on any atom is -0.293 e. The summed E-state index contributed by atoms with van der Waals surface area (Å²) in [5.41, 5.74) is 0. The molecule has 0 aliphatic carbocycles. The Kier molecular flexibility index (Phi) is 4.60. The van der Waals surface area contributed by atoms with Gasteiger partial charge in [0.05, 0.1) is 6.54 Å². The molecule has 0 spiro atoms. The standard InChI is InChI=1S/C11H17BrN2S/c12-8-10-4-2-1-3-6-14(10)9-11-13-5-7-15-11/h5,7,10H,1-4,6,8-9H2. The van der Waals surface area contributed by atoms with E-state index in [4.69, 9.17) is 0 Å². The Morgan fingerprint density at radius 1 is 1.47 bits per heavy atom. The third-order valence-electron chi connectivity index (χ3n) is 3.00. The zero-order valence-electron chi connectivity index (χ0n) is 8.86. The largest absolute Gasteiger partial charge is 0.293 e. The molecule has 1 atom stereocenters. The summed E-state index contributed by atoms with van der Waals surface area (Å²) in [6.45, 7) is 2.27. The Morgan fingerprint density at radius 3 is 3.13 bits per heavy atom. The highest BCUT2D eigenvalue weighted by atomic mass is 79.9. The van der Waals surface area contributed by atoms with Crippen LogP contribution in [-0.4, -0.2) is 27.8 Å². The summed E-state index contributed by atoms with van der Waals surface area (Å²) >= 11 is 5.40. The zero-order chi connectivity index (χ0) is 10.5. The van der Waals surface area contributed by atoms with Gasteiger partial charge in [-0.05, 0) is 19.4 Å². The lowest BCUT2D eigenvalue weighted by Gasteiger charge is -2.27. The van der Waals surface area contributed by atoms with Gasteiger partial charge >= 0.3 is 0 Å². The van der Waals surface area contributed by atoms with E-state index >= 15 is 0 Å². The number of likely N-dealkylation sites (tertiary alicyclic amines) is 1. The SMILES string of the molecule is BrCC1CCCCCN1Cc1nccs1. The van der Waals surface area contributed by atoms with Gasteiger partial charge in [0.2, 0.25) is 0 Å². The molecule has 15 heavy (non-hydrogen) atoms. The van der Waals surface area contributed by atoms with E-state index in [1.54, 1.807) is 11.3 Å². The maximum Gasteiger partial charge on any atom is 0.107 e. The van der Waals surface area contributed by atoms with Crippen molar-refractivity contribution in [3.63, 3.8) is 0 Å². The van der Waals surface area contributed by atoms with Gasteiger partial charge in [0.1, 0.15) is 5.01 Å². The molecule has 0 aromatic carbocycles. The van der Waals surface area contributed by atoms with Crippen molar-refractivity contribution in [3.8, 4) is 0 Å². The number of thiazole rings is 1. The van der Waals surface area contributed by atoms with Crippen LogP contribution in [0, 0.1) is 0 Å². The van der Waals surface area contributed by atoms with Gasteiger partial charge in [-0.15, -0.1) is 11.3 Å². The monoisotopic (exact) mass is 288 g/mol. The van der Waals surface area contributed by atoms with Crippen molar-refractivity contribution in [1.82, 2.24) is 9.88 Å². The molecule has 84 valence electrons. The molecular formula is C11H17BrN2S. The molecule has 2 nitrogen and oxygen atoms in total. The summed E-state index contributed by atoms with van der Waals surface area (Å²) in [5, 5.41) is 4.41. The van der Waals surface area contributed by atoms with Crippen LogP contribution in [0.5, 0.6) is 0 Å². The van der Waals surface area contributed by atoms with Gasteiger partial charge in [-0.1, -0.05) is 28.8 Å². The van der Waals surface area contributed by atoms with E-state index in [1.165, 1.54) is 37.2 Å². The van der Waals surface area contributed by atoms with E-state index in [2.05, 4.69) is 31.2 Å². The van der Waals surface area contributed by atoms with Crippen molar-refractivity contribution in [2.45, 2.75) is 38.3 Å². The molecule has 2 heterocycles. The second-order valence-electron chi connectivity index (χ2n) is 4.05. The van der Waals surface area contributed by atoms with Gasteiger partial charge in [0, 0.05) is 22.9 Å². The fourth-order valence-electron chi connectivity index (χ4n) is 2.12. The first-order chi connectivity index (χ1) is 7.40. The fourth-order valence-corrected chi connectivity index (χ4v) is 3.50. The normalized spacial score (nSPS) is 23.9. The van der Waals surface area contributed by atoms with Crippen LogP contribution < -0.4 is 0 Å². The number of rotatable bonds is 3. The average molecular weight is 289 g/mol. The molecule has 0 radical (unpaired) electrons. The highest BCUT2D eigenvalue weighted by Crippen LogP contribution is 2.21. The molecule has 1 unspecified atom stereocenters. The fraction of sp³-hybridized carbons (Fsp3) is 0.727. The Labute approximate surface area is 104 Å². The van der Waals surface area contributed by atoms with E-state index in [1.807, 2.05) is 6.20 Å². The van der Waals surface area contributed by atoms with Crippen LogP contribution in [-0.2, 0) is 6.54 Å². The number of hydrogen-bond donors (Lipinski definition) is 0. The first-order valence-electron chi connectivity index (χ1n) is 5.58. The summed E-state index contributed by atoms with van der Waals surface area (Å²) in [4.78, 5) is 6.96. The third-order valence-corrected chi connectivity index (χ3v) is 4.51. The van der Waals surface area contributed by atoms with E-state index in [9.17, 15) is 0 Å². The molecule has 1 aliphatic heterocycles. The second-order valence-corrected chi connectivity index (χ2v) is 5.68. The predicted molar refractivity (Wildman–Crippen MR) is 68.6 cm³/mol. The lowest BCUT2D eigenvalue weighted by Crippen LogP contribution is -2.35. The van der Waals surface area contributed by atoms with Crippen LogP contribution in [0.2, 0.25) is 0 Å². The molecule has 0 amide bonds.